The predicted molar refractivity (Wildman–Crippen MR) is 76.6 cm³/mol. The molecule has 0 bridgehead atoms. The van der Waals surface area contributed by atoms with E-state index in [1.54, 1.807) is 6.92 Å². The number of esters is 1. The van der Waals surface area contributed by atoms with Crippen LogP contribution in [0, 0.1) is 0 Å². The Kier molecular flexibility index (Phi) is 8.70. The first kappa shape index (κ1) is 21.2. The molecule has 0 saturated carbocycles. The summed E-state index contributed by atoms with van der Waals surface area (Å²) in [5, 5.41) is 0. The molecule has 0 rings (SSSR count). The molecule has 0 aliphatic rings. The Labute approximate surface area is 128 Å². The maximum Gasteiger partial charge on any atom is 0.333 e. The number of ether oxygens (including phenoxy) is 1. The van der Waals surface area contributed by atoms with E-state index in [0.29, 0.717) is 23.1 Å². The molecule has 0 aliphatic carbocycles. The van der Waals surface area contributed by atoms with Crippen LogP contribution < -0.4 is 12.4 Å². The minimum Gasteiger partial charge on any atom is -1.00 e. The largest absolute Gasteiger partial charge is 1.00 e. The van der Waals surface area contributed by atoms with Crippen LogP contribution in [0.15, 0.2) is 24.8 Å². The summed E-state index contributed by atoms with van der Waals surface area (Å²) in [4.78, 5) is 23.0. The number of halogens is 1. The minimum absolute atomic E-state index is 0. The summed E-state index contributed by atoms with van der Waals surface area (Å²) in [5.41, 5.74) is 0.251. The topological polar surface area (TPSA) is 43.4 Å². The standard InChI is InChI=1S/C15H26NO3.ClH/c1-8-13(17)11-16(7,15(4,5)6)9-10-19-14(18)12(2)3;/h8H,1-2,9-11H2,3-7H3;1H/q+1;/p-1. The quantitative estimate of drug-likeness (QED) is 0.348. The Morgan fingerprint density at radius 3 is 2.15 bits per heavy atom. The monoisotopic (exact) mass is 303 g/mol. The summed E-state index contributed by atoms with van der Waals surface area (Å²) in [6, 6.07) is 0. The molecule has 0 N–H and O–H groups in total. The molecule has 5 heteroatoms. The van der Waals surface area contributed by atoms with Gasteiger partial charge in [-0.25, -0.2) is 4.79 Å². The van der Waals surface area contributed by atoms with Crippen LogP contribution in [0.1, 0.15) is 27.7 Å². The number of carbonyl (C=O) groups excluding carboxylic acids is 2. The first-order valence-corrected chi connectivity index (χ1v) is 6.36. The van der Waals surface area contributed by atoms with Crippen molar-refractivity contribution >= 4 is 11.8 Å². The molecule has 0 amide bonds. The molecule has 0 aromatic carbocycles. The van der Waals surface area contributed by atoms with Crippen molar-refractivity contribution in [3.8, 4) is 0 Å². The van der Waals surface area contributed by atoms with E-state index in [4.69, 9.17) is 4.74 Å². The fourth-order valence-electron chi connectivity index (χ4n) is 1.52. The lowest BCUT2D eigenvalue weighted by atomic mass is 10.0. The van der Waals surface area contributed by atoms with E-state index < -0.39 is 5.97 Å². The first-order valence-electron chi connectivity index (χ1n) is 6.36. The number of nitrogens with zero attached hydrogens (tertiary/aromatic N) is 1. The molecule has 0 fully saturated rings. The second-order valence-electron chi connectivity index (χ2n) is 6.04. The van der Waals surface area contributed by atoms with Gasteiger partial charge in [0.25, 0.3) is 0 Å². The molecule has 0 spiro atoms. The Morgan fingerprint density at radius 2 is 1.80 bits per heavy atom. The highest BCUT2D eigenvalue weighted by Gasteiger charge is 2.37. The molecular formula is C15H26ClNO3. The molecule has 0 saturated heterocycles. The third kappa shape index (κ3) is 6.35. The highest BCUT2D eigenvalue weighted by molar-refractivity contribution is 5.90. The SMILES string of the molecule is C=CC(=O)C[N+](C)(CCOC(=O)C(=C)C)C(C)(C)C.[Cl-]. The van der Waals surface area contributed by atoms with Gasteiger partial charge in [0.15, 0.2) is 0 Å². The average Bonchev–Trinajstić information content (AvgIpc) is 2.26. The van der Waals surface area contributed by atoms with E-state index >= 15 is 0 Å². The zero-order chi connectivity index (χ0) is 15.3. The van der Waals surface area contributed by atoms with Gasteiger partial charge in [-0.2, -0.15) is 0 Å². The lowest BCUT2D eigenvalue weighted by Crippen LogP contribution is -3.00. The van der Waals surface area contributed by atoms with E-state index in [-0.39, 0.29) is 30.3 Å². The van der Waals surface area contributed by atoms with Gasteiger partial charge in [0.2, 0.25) is 5.78 Å². The molecule has 0 heterocycles. The molecule has 1 atom stereocenters. The average molecular weight is 304 g/mol. The first-order chi connectivity index (χ1) is 8.53. The molecule has 0 radical (unpaired) electrons. The number of hydrogen-bond donors (Lipinski definition) is 0. The van der Waals surface area contributed by atoms with Gasteiger partial charge in [-0.15, -0.1) is 0 Å². The van der Waals surface area contributed by atoms with Gasteiger partial charge >= 0.3 is 5.97 Å². The highest BCUT2D eigenvalue weighted by Crippen LogP contribution is 2.21. The fourth-order valence-corrected chi connectivity index (χ4v) is 1.52. The van der Waals surface area contributed by atoms with Crippen LogP contribution in [0.3, 0.4) is 0 Å². The van der Waals surface area contributed by atoms with Gasteiger partial charge in [-0.1, -0.05) is 13.2 Å². The van der Waals surface area contributed by atoms with Crippen molar-refractivity contribution in [3.63, 3.8) is 0 Å². The van der Waals surface area contributed by atoms with Crippen molar-refractivity contribution in [3.05, 3.63) is 24.8 Å². The third-order valence-electron chi connectivity index (χ3n) is 3.52. The second-order valence-corrected chi connectivity index (χ2v) is 6.04. The highest BCUT2D eigenvalue weighted by atomic mass is 35.5. The zero-order valence-corrected chi connectivity index (χ0v) is 13.9. The summed E-state index contributed by atoms with van der Waals surface area (Å²) >= 11 is 0. The molecule has 0 aromatic rings. The van der Waals surface area contributed by atoms with Crippen LogP contribution in [-0.2, 0) is 14.3 Å². The number of carbonyl (C=O) groups is 2. The number of likely N-dealkylation sites (N-methyl/N-ethyl adjacent to an activating group) is 1. The van der Waals surface area contributed by atoms with Crippen LogP contribution >= 0.6 is 0 Å². The van der Waals surface area contributed by atoms with Crippen molar-refractivity contribution < 1.29 is 31.2 Å². The Balaban J connectivity index is 0. The van der Waals surface area contributed by atoms with Crippen LogP contribution in [0.25, 0.3) is 0 Å². The van der Waals surface area contributed by atoms with E-state index in [1.807, 2.05) is 7.05 Å². The van der Waals surface area contributed by atoms with Crippen molar-refractivity contribution in [2.45, 2.75) is 33.2 Å². The van der Waals surface area contributed by atoms with Crippen molar-refractivity contribution in [1.29, 1.82) is 0 Å². The van der Waals surface area contributed by atoms with Gasteiger partial charge in [-0.05, 0) is 33.8 Å². The van der Waals surface area contributed by atoms with Gasteiger partial charge in [-0.3, -0.25) is 4.79 Å². The van der Waals surface area contributed by atoms with Crippen LogP contribution in [0.5, 0.6) is 0 Å². The summed E-state index contributed by atoms with van der Waals surface area (Å²) in [6.07, 6.45) is 1.34. The number of ketones is 1. The third-order valence-corrected chi connectivity index (χ3v) is 3.52. The van der Waals surface area contributed by atoms with Crippen molar-refractivity contribution in [1.82, 2.24) is 0 Å². The molecule has 4 nitrogen and oxygen atoms in total. The van der Waals surface area contributed by atoms with Gasteiger partial charge in [0.1, 0.15) is 19.7 Å². The molecular weight excluding hydrogens is 278 g/mol. The van der Waals surface area contributed by atoms with Crippen LogP contribution in [-0.4, -0.2) is 48.5 Å². The maximum atomic E-state index is 11.6. The van der Waals surface area contributed by atoms with Crippen LogP contribution in [0.2, 0.25) is 0 Å². The van der Waals surface area contributed by atoms with E-state index in [0.717, 1.165) is 0 Å². The predicted octanol–water partition coefficient (Wildman–Crippen LogP) is -0.890. The molecule has 0 aliphatic heterocycles. The van der Waals surface area contributed by atoms with Gasteiger partial charge in [0.05, 0.1) is 12.6 Å². The Hall–Kier alpha value is -1.13. The maximum absolute atomic E-state index is 11.6. The summed E-state index contributed by atoms with van der Waals surface area (Å²) in [5.74, 6) is -0.404. The van der Waals surface area contributed by atoms with Gasteiger partial charge < -0.3 is 21.6 Å². The van der Waals surface area contributed by atoms with E-state index in [1.165, 1.54) is 6.08 Å². The molecule has 20 heavy (non-hydrogen) atoms. The summed E-state index contributed by atoms with van der Waals surface area (Å²) in [7, 11) is 1.98. The van der Waals surface area contributed by atoms with Crippen molar-refractivity contribution in [2.75, 3.05) is 26.7 Å². The lowest BCUT2D eigenvalue weighted by molar-refractivity contribution is -0.946. The smallest absolute Gasteiger partial charge is 0.333 e. The van der Waals surface area contributed by atoms with E-state index in [9.17, 15) is 9.59 Å². The van der Waals surface area contributed by atoms with E-state index in [2.05, 4.69) is 33.9 Å². The number of quaternary nitrogens is 1. The Morgan fingerprint density at radius 1 is 1.30 bits per heavy atom. The molecule has 116 valence electrons. The van der Waals surface area contributed by atoms with Crippen LogP contribution in [0.4, 0.5) is 0 Å². The molecule has 1 unspecified atom stereocenters. The zero-order valence-electron chi connectivity index (χ0n) is 13.2. The summed E-state index contributed by atoms with van der Waals surface area (Å²) in [6.45, 7) is 16.0. The summed E-state index contributed by atoms with van der Waals surface area (Å²) < 4.78 is 5.61. The fraction of sp³-hybridized carbons (Fsp3) is 0.600. The Bertz CT molecular complexity index is 385. The number of hydrogen-bond acceptors (Lipinski definition) is 3. The van der Waals surface area contributed by atoms with Crippen molar-refractivity contribution in [2.24, 2.45) is 0 Å². The number of rotatable bonds is 7. The lowest BCUT2D eigenvalue weighted by Gasteiger charge is -2.45. The minimum atomic E-state index is -0.393. The normalized spacial score (nSPS) is 13.7. The molecule has 0 aromatic heterocycles. The van der Waals surface area contributed by atoms with Gasteiger partial charge in [0, 0.05) is 5.57 Å². The second kappa shape index (κ2) is 8.22.